The Balaban J connectivity index is 1.93. The molecule has 0 bridgehead atoms. The summed E-state index contributed by atoms with van der Waals surface area (Å²) in [5.74, 6) is 0.138. The van der Waals surface area contributed by atoms with Crippen molar-refractivity contribution >= 4 is 34.4 Å². The van der Waals surface area contributed by atoms with Gasteiger partial charge in [0.1, 0.15) is 12.4 Å². The molecule has 1 amide bonds. The van der Waals surface area contributed by atoms with Crippen LogP contribution in [0.1, 0.15) is 25.1 Å². The van der Waals surface area contributed by atoms with E-state index in [1.165, 1.54) is 24.3 Å². The van der Waals surface area contributed by atoms with Gasteiger partial charge in [0.15, 0.2) is 5.13 Å². The maximum Gasteiger partial charge on any atom is 0.331 e. The lowest BCUT2D eigenvalue weighted by molar-refractivity contribution is -0.139. The van der Waals surface area contributed by atoms with Gasteiger partial charge >= 0.3 is 5.97 Å². The molecule has 0 N–H and O–H groups in total. The third-order valence-corrected chi connectivity index (χ3v) is 4.28. The number of ether oxygens (including phenoxy) is 2. The van der Waals surface area contributed by atoms with E-state index < -0.39 is 5.97 Å². The van der Waals surface area contributed by atoms with Crippen LogP contribution in [-0.2, 0) is 20.9 Å². The van der Waals surface area contributed by atoms with E-state index in [0.717, 1.165) is 5.56 Å². The van der Waals surface area contributed by atoms with Crippen LogP contribution >= 0.6 is 11.3 Å². The summed E-state index contributed by atoms with van der Waals surface area (Å²) in [6.45, 7) is 3.98. The van der Waals surface area contributed by atoms with E-state index in [-0.39, 0.29) is 12.5 Å². The number of carbonyl (C=O) groups is 2. The van der Waals surface area contributed by atoms with Crippen LogP contribution < -0.4 is 9.64 Å². The van der Waals surface area contributed by atoms with Gasteiger partial charge in [-0.15, -0.1) is 11.3 Å². The van der Waals surface area contributed by atoms with E-state index in [4.69, 9.17) is 9.47 Å². The smallest absolute Gasteiger partial charge is 0.331 e. The van der Waals surface area contributed by atoms with Gasteiger partial charge in [-0.3, -0.25) is 9.69 Å². The van der Waals surface area contributed by atoms with E-state index in [1.807, 2.05) is 31.2 Å². The van der Waals surface area contributed by atoms with E-state index >= 15 is 0 Å². The van der Waals surface area contributed by atoms with Gasteiger partial charge in [0.2, 0.25) is 5.91 Å². The first-order valence-electron chi connectivity index (χ1n) is 7.75. The maximum atomic E-state index is 11.9. The first-order valence-corrected chi connectivity index (χ1v) is 8.63. The lowest BCUT2D eigenvalue weighted by Crippen LogP contribution is -2.27. The summed E-state index contributed by atoms with van der Waals surface area (Å²) < 4.78 is 10.4. The second-order valence-electron chi connectivity index (χ2n) is 5.07. The molecule has 25 heavy (non-hydrogen) atoms. The highest BCUT2D eigenvalue weighted by molar-refractivity contribution is 7.14. The SMILES string of the molecule is CCN(C(C)=O)c1nc(COC(=O)/C=C/c2ccccc2OC)cs1. The van der Waals surface area contributed by atoms with Crippen molar-refractivity contribution < 1.29 is 19.1 Å². The lowest BCUT2D eigenvalue weighted by Gasteiger charge is -2.14. The first-order chi connectivity index (χ1) is 12.0. The fourth-order valence-electron chi connectivity index (χ4n) is 2.13. The topological polar surface area (TPSA) is 68.7 Å². The number of benzene rings is 1. The zero-order valence-corrected chi connectivity index (χ0v) is 15.2. The summed E-state index contributed by atoms with van der Waals surface area (Å²) in [7, 11) is 1.57. The van der Waals surface area contributed by atoms with Gasteiger partial charge < -0.3 is 9.47 Å². The fraction of sp³-hybridized carbons (Fsp3) is 0.278. The first kappa shape index (κ1) is 18.7. The number of thiazole rings is 1. The normalized spacial score (nSPS) is 10.7. The summed E-state index contributed by atoms with van der Waals surface area (Å²) >= 11 is 1.35. The van der Waals surface area contributed by atoms with Crippen molar-refractivity contribution in [3.63, 3.8) is 0 Å². The number of esters is 1. The van der Waals surface area contributed by atoms with E-state index in [9.17, 15) is 9.59 Å². The molecule has 0 radical (unpaired) electrons. The Labute approximate surface area is 150 Å². The van der Waals surface area contributed by atoms with Crippen molar-refractivity contribution in [2.24, 2.45) is 0 Å². The second kappa shape index (κ2) is 8.98. The highest BCUT2D eigenvalue weighted by Crippen LogP contribution is 2.21. The molecule has 7 heteroatoms. The summed E-state index contributed by atoms with van der Waals surface area (Å²) in [6.07, 6.45) is 2.99. The number of hydrogen-bond donors (Lipinski definition) is 0. The third kappa shape index (κ3) is 5.15. The van der Waals surface area contributed by atoms with Gasteiger partial charge in [-0.05, 0) is 19.1 Å². The standard InChI is InChI=1S/C18H20N2O4S/c1-4-20(13(2)21)18-19-15(12-25-18)11-24-17(22)10-9-14-7-5-6-8-16(14)23-3/h5-10,12H,4,11H2,1-3H3/b10-9+. The van der Waals surface area contributed by atoms with Crippen molar-refractivity contribution in [2.45, 2.75) is 20.5 Å². The molecule has 0 saturated heterocycles. The Morgan fingerprint density at radius 2 is 2.08 bits per heavy atom. The Morgan fingerprint density at radius 1 is 1.32 bits per heavy atom. The summed E-state index contributed by atoms with van der Waals surface area (Å²) in [5, 5.41) is 2.38. The predicted octanol–water partition coefficient (Wildman–Crippen LogP) is 3.28. The number of methoxy groups -OCH3 is 1. The molecule has 2 rings (SSSR count). The molecule has 0 spiro atoms. The zero-order chi connectivity index (χ0) is 18.2. The van der Waals surface area contributed by atoms with Crippen LogP contribution in [0.4, 0.5) is 5.13 Å². The Kier molecular flexibility index (Phi) is 6.71. The van der Waals surface area contributed by atoms with Crippen LogP contribution in [0.3, 0.4) is 0 Å². The Bertz CT molecular complexity index is 770. The average Bonchev–Trinajstić information content (AvgIpc) is 3.07. The van der Waals surface area contributed by atoms with Crippen molar-refractivity contribution in [3.8, 4) is 5.75 Å². The van der Waals surface area contributed by atoms with Gasteiger partial charge in [0, 0.05) is 30.5 Å². The summed E-state index contributed by atoms with van der Waals surface area (Å²) in [5.41, 5.74) is 1.40. The molecule has 0 atom stereocenters. The van der Waals surface area contributed by atoms with Crippen molar-refractivity contribution in [3.05, 3.63) is 47.0 Å². The van der Waals surface area contributed by atoms with Crippen LogP contribution in [0.25, 0.3) is 6.08 Å². The molecule has 132 valence electrons. The monoisotopic (exact) mass is 360 g/mol. The Morgan fingerprint density at radius 3 is 2.76 bits per heavy atom. The third-order valence-electron chi connectivity index (χ3n) is 3.37. The molecular weight excluding hydrogens is 340 g/mol. The molecule has 0 aliphatic rings. The number of anilines is 1. The highest BCUT2D eigenvalue weighted by atomic mass is 32.1. The average molecular weight is 360 g/mol. The molecule has 1 aromatic carbocycles. The number of hydrogen-bond acceptors (Lipinski definition) is 6. The van der Waals surface area contributed by atoms with Gasteiger partial charge in [0.25, 0.3) is 0 Å². The molecule has 0 aliphatic carbocycles. The number of rotatable bonds is 7. The molecular formula is C18H20N2O4S. The number of aromatic nitrogens is 1. The molecule has 2 aromatic rings. The van der Waals surface area contributed by atoms with Crippen LogP contribution in [-0.4, -0.2) is 30.5 Å². The minimum absolute atomic E-state index is 0.0566. The van der Waals surface area contributed by atoms with Crippen molar-refractivity contribution in [2.75, 3.05) is 18.6 Å². The fourth-order valence-corrected chi connectivity index (χ4v) is 3.05. The molecule has 0 unspecified atom stereocenters. The van der Waals surface area contributed by atoms with Crippen LogP contribution in [0.2, 0.25) is 0 Å². The van der Waals surface area contributed by atoms with E-state index in [1.54, 1.807) is 23.5 Å². The van der Waals surface area contributed by atoms with Crippen LogP contribution in [0.5, 0.6) is 5.75 Å². The molecule has 1 heterocycles. The maximum absolute atomic E-state index is 11.9. The number of nitrogens with zero attached hydrogens (tertiary/aromatic N) is 2. The largest absolute Gasteiger partial charge is 0.496 e. The van der Waals surface area contributed by atoms with Crippen LogP contribution in [0.15, 0.2) is 35.7 Å². The number of para-hydroxylation sites is 1. The molecule has 0 aliphatic heterocycles. The predicted molar refractivity (Wildman–Crippen MR) is 97.6 cm³/mol. The number of amides is 1. The second-order valence-corrected chi connectivity index (χ2v) is 5.90. The minimum Gasteiger partial charge on any atom is -0.496 e. The molecule has 6 nitrogen and oxygen atoms in total. The van der Waals surface area contributed by atoms with E-state index in [0.29, 0.717) is 23.1 Å². The van der Waals surface area contributed by atoms with Gasteiger partial charge in [-0.1, -0.05) is 18.2 Å². The van der Waals surface area contributed by atoms with Crippen molar-refractivity contribution in [1.82, 2.24) is 4.98 Å². The summed E-state index contributed by atoms with van der Waals surface area (Å²) in [4.78, 5) is 29.3. The molecule has 1 aromatic heterocycles. The van der Waals surface area contributed by atoms with Gasteiger partial charge in [-0.2, -0.15) is 0 Å². The van der Waals surface area contributed by atoms with Gasteiger partial charge in [0.05, 0.1) is 12.8 Å². The van der Waals surface area contributed by atoms with Gasteiger partial charge in [-0.25, -0.2) is 9.78 Å². The molecule has 0 saturated carbocycles. The minimum atomic E-state index is -0.473. The summed E-state index contributed by atoms with van der Waals surface area (Å²) in [6, 6.07) is 7.38. The Hall–Kier alpha value is -2.67. The number of carbonyl (C=O) groups excluding carboxylic acids is 2. The quantitative estimate of drug-likeness (QED) is 0.560. The zero-order valence-electron chi connectivity index (χ0n) is 14.4. The van der Waals surface area contributed by atoms with Crippen LogP contribution in [0, 0.1) is 0 Å². The van der Waals surface area contributed by atoms with E-state index in [2.05, 4.69) is 4.98 Å². The lowest BCUT2D eigenvalue weighted by atomic mass is 10.2. The molecule has 0 fully saturated rings. The van der Waals surface area contributed by atoms with Crippen molar-refractivity contribution in [1.29, 1.82) is 0 Å². The highest BCUT2D eigenvalue weighted by Gasteiger charge is 2.13.